The molecule has 3 rings (SSSR count). The average molecular weight is 388 g/mol. The van der Waals surface area contributed by atoms with Crippen LogP contribution in [0.4, 0.5) is 11.4 Å². The minimum Gasteiger partial charge on any atom is -0.493 e. The summed E-state index contributed by atoms with van der Waals surface area (Å²) in [5.41, 5.74) is 2.85. The van der Waals surface area contributed by atoms with Gasteiger partial charge < -0.3 is 20.1 Å². The number of hydrogen-bond acceptors (Lipinski definition) is 6. The highest BCUT2D eigenvalue weighted by Gasteiger charge is 2.09. The Morgan fingerprint density at radius 3 is 2.59 bits per heavy atom. The molecule has 0 unspecified atom stereocenters. The van der Waals surface area contributed by atoms with E-state index in [2.05, 4.69) is 21.7 Å². The second-order valence-corrected chi connectivity index (χ2v) is 6.11. The molecule has 1 amide bonds. The smallest absolute Gasteiger partial charge is 0.243 e. The fraction of sp³-hybridized carbons (Fsp3) is 0.136. The summed E-state index contributed by atoms with van der Waals surface area (Å²) in [6, 6.07) is 17.9. The molecule has 0 saturated heterocycles. The highest BCUT2D eigenvalue weighted by atomic mass is 16.5. The number of aromatic nitrogens is 1. The van der Waals surface area contributed by atoms with E-state index in [-0.39, 0.29) is 12.5 Å². The summed E-state index contributed by atoms with van der Waals surface area (Å²) < 4.78 is 11.2. The fourth-order valence-electron chi connectivity index (χ4n) is 2.56. The van der Waals surface area contributed by atoms with E-state index >= 15 is 0 Å². The van der Waals surface area contributed by atoms with Crippen molar-refractivity contribution in [2.75, 3.05) is 24.3 Å². The second kappa shape index (κ2) is 9.76. The van der Waals surface area contributed by atoms with Gasteiger partial charge in [0.2, 0.25) is 5.91 Å². The first-order chi connectivity index (χ1) is 14.2. The molecule has 0 atom stereocenters. The normalized spacial score (nSPS) is 9.93. The first-order valence-electron chi connectivity index (χ1n) is 8.91. The predicted octanol–water partition coefficient (Wildman–Crippen LogP) is 3.59. The lowest BCUT2D eigenvalue weighted by molar-refractivity contribution is -0.114. The number of pyridine rings is 1. The molecule has 0 spiro atoms. The van der Waals surface area contributed by atoms with E-state index in [1.165, 1.54) is 0 Å². The molecule has 0 aliphatic rings. The number of nitriles is 1. The van der Waals surface area contributed by atoms with Gasteiger partial charge in [-0.2, -0.15) is 5.26 Å². The number of carbonyl (C=O) groups excluding carboxylic acids is 1. The van der Waals surface area contributed by atoms with Gasteiger partial charge in [-0.1, -0.05) is 6.07 Å². The number of benzene rings is 2. The lowest BCUT2D eigenvalue weighted by Gasteiger charge is -2.13. The molecule has 3 aromatic rings. The van der Waals surface area contributed by atoms with Gasteiger partial charge in [-0.05, 0) is 42.5 Å². The fourth-order valence-corrected chi connectivity index (χ4v) is 2.56. The monoisotopic (exact) mass is 388 g/mol. The molecule has 2 N–H and O–H groups in total. The summed E-state index contributed by atoms with van der Waals surface area (Å²) in [5.74, 6) is 0.884. The maximum Gasteiger partial charge on any atom is 0.243 e. The second-order valence-electron chi connectivity index (χ2n) is 6.11. The summed E-state index contributed by atoms with van der Waals surface area (Å²) >= 11 is 0. The Bertz CT molecular complexity index is 999. The van der Waals surface area contributed by atoms with Crippen molar-refractivity contribution in [2.24, 2.45) is 0 Å². The van der Waals surface area contributed by atoms with Crippen LogP contribution in [-0.2, 0) is 11.4 Å². The van der Waals surface area contributed by atoms with Gasteiger partial charge in [0.15, 0.2) is 11.5 Å². The van der Waals surface area contributed by atoms with Crippen LogP contribution in [0, 0.1) is 11.3 Å². The van der Waals surface area contributed by atoms with Crippen molar-refractivity contribution in [3.05, 3.63) is 78.1 Å². The zero-order valence-electron chi connectivity index (χ0n) is 15.9. The summed E-state index contributed by atoms with van der Waals surface area (Å²) in [6.07, 6.45) is 3.43. The van der Waals surface area contributed by atoms with Gasteiger partial charge in [0.05, 0.1) is 25.3 Å². The maximum atomic E-state index is 12.2. The van der Waals surface area contributed by atoms with Gasteiger partial charge in [0, 0.05) is 35.4 Å². The van der Waals surface area contributed by atoms with Gasteiger partial charge in [0.25, 0.3) is 0 Å². The Morgan fingerprint density at radius 2 is 1.90 bits per heavy atom. The van der Waals surface area contributed by atoms with Crippen LogP contribution in [0.5, 0.6) is 11.5 Å². The van der Waals surface area contributed by atoms with Gasteiger partial charge in [-0.15, -0.1) is 0 Å². The van der Waals surface area contributed by atoms with Crippen molar-refractivity contribution in [1.29, 1.82) is 5.26 Å². The molecule has 0 aliphatic heterocycles. The van der Waals surface area contributed by atoms with E-state index in [9.17, 15) is 4.79 Å². The van der Waals surface area contributed by atoms with Crippen LogP contribution in [0.2, 0.25) is 0 Å². The number of ether oxygens (including phenoxy) is 2. The minimum absolute atomic E-state index is 0.0871. The van der Waals surface area contributed by atoms with Crippen molar-refractivity contribution < 1.29 is 14.3 Å². The minimum atomic E-state index is -0.210. The van der Waals surface area contributed by atoms with Gasteiger partial charge >= 0.3 is 0 Å². The van der Waals surface area contributed by atoms with Crippen LogP contribution in [0.3, 0.4) is 0 Å². The Labute approximate surface area is 168 Å². The Kier molecular flexibility index (Phi) is 6.63. The van der Waals surface area contributed by atoms with E-state index in [1.807, 2.05) is 12.1 Å². The van der Waals surface area contributed by atoms with E-state index in [1.54, 1.807) is 62.0 Å². The van der Waals surface area contributed by atoms with Crippen molar-refractivity contribution in [1.82, 2.24) is 4.98 Å². The number of amides is 1. The zero-order valence-corrected chi connectivity index (χ0v) is 15.9. The number of rotatable bonds is 8. The van der Waals surface area contributed by atoms with Crippen molar-refractivity contribution in [2.45, 2.75) is 6.61 Å². The molecule has 0 bridgehead atoms. The molecule has 0 fully saturated rings. The zero-order chi connectivity index (χ0) is 20.5. The van der Waals surface area contributed by atoms with E-state index in [0.29, 0.717) is 29.4 Å². The van der Waals surface area contributed by atoms with E-state index in [4.69, 9.17) is 14.7 Å². The number of anilines is 2. The van der Waals surface area contributed by atoms with Crippen molar-refractivity contribution >= 4 is 17.3 Å². The summed E-state index contributed by atoms with van der Waals surface area (Å²) in [5, 5.41) is 14.7. The van der Waals surface area contributed by atoms with Crippen LogP contribution >= 0.6 is 0 Å². The summed E-state index contributed by atoms with van der Waals surface area (Å²) in [6.45, 7) is 0.422. The number of nitrogens with zero attached hydrogens (tertiary/aromatic N) is 2. The largest absolute Gasteiger partial charge is 0.493 e. The first kappa shape index (κ1) is 19.7. The van der Waals surface area contributed by atoms with Crippen LogP contribution in [0.15, 0.2) is 67.0 Å². The summed E-state index contributed by atoms with van der Waals surface area (Å²) in [7, 11) is 1.56. The molecular weight excluding hydrogens is 368 g/mol. The first-order valence-corrected chi connectivity index (χ1v) is 8.91. The lowest BCUT2D eigenvalue weighted by Crippen LogP contribution is -2.21. The van der Waals surface area contributed by atoms with E-state index in [0.717, 1.165) is 11.3 Å². The quantitative estimate of drug-likeness (QED) is 0.612. The van der Waals surface area contributed by atoms with Crippen molar-refractivity contribution in [3.8, 4) is 17.6 Å². The number of hydrogen-bond donors (Lipinski definition) is 2. The van der Waals surface area contributed by atoms with Crippen LogP contribution in [0.25, 0.3) is 0 Å². The highest BCUT2D eigenvalue weighted by Crippen LogP contribution is 2.30. The van der Waals surface area contributed by atoms with E-state index < -0.39 is 0 Å². The van der Waals surface area contributed by atoms with Gasteiger partial charge in [-0.3, -0.25) is 9.78 Å². The third-order valence-electron chi connectivity index (χ3n) is 4.03. The molecule has 0 aliphatic carbocycles. The third-order valence-corrected chi connectivity index (χ3v) is 4.03. The van der Waals surface area contributed by atoms with Crippen LogP contribution < -0.4 is 20.1 Å². The molecule has 0 saturated carbocycles. The predicted molar refractivity (Wildman–Crippen MR) is 110 cm³/mol. The summed E-state index contributed by atoms with van der Waals surface area (Å²) in [4.78, 5) is 16.3. The van der Waals surface area contributed by atoms with Gasteiger partial charge in [-0.25, -0.2) is 0 Å². The van der Waals surface area contributed by atoms with Crippen molar-refractivity contribution in [3.63, 3.8) is 0 Å². The lowest BCUT2D eigenvalue weighted by atomic mass is 10.2. The Balaban J connectivity index is 1.59. The maximum absolute atomic E-state index is 12.2. The average Bonchev–Trinajstić information content (AvgIpc) is 2.77. The molecule has 2 aromatic carbocycles. The van der Waals surface area contributed by atoms with Crippen LogP contribution in [0.1, 0.15) is 11.1 Å². The Morgan fingerprint density at radius 1 is 1.10 bits per heavy atom. The molecule has 29 heavy (non-hydrogen) atoms. The van der Waals surface area contributed by atoms with Gasteiger partial charge in [0.1, 0.15) is 6.61 Å². The number of nitrogens with one attached hydrogen (secondary N) is 2. The SMILES string of the molecule is COc1ccc(NC(=O)CNc2ccc(C#N)cc2)cc1OCc1cccnc1. The standard InChI is InChI=1S/C22H20N4O3/c1-28-20-9-8-19(11-21(20)29-15-17-3-2-10-24-13-17)26-22(27)14-25-18-6-4-16(12-23)5-7-18/h2-11,13,25H,14-15H2,1H3,(H,26,27). The molecular formula is C22H20N4O3. The molecule has 1 aromatic heterocycles. The number of methoxy groups -OCH3 is 1. The molecule has 7 heteroatoms. The number of carbonyl (C=O) groups is 1. The topological polar surface area (TPSA) is 96.3 Å². The Hall–Kier alpha value is -4.05. The molecule has 0 radical (unpaired) electrons. The molecule has 146 valence electrons. The third kappa shape index (κ3) is 5.71. The highest BCUT2D eigenvalue weighted by molar-refractivity contribution is 5.94. The van der Waals surface area contributed by atoms with Crippen LogP contribution in [-0.4, -0.2) is 24.5 Å². The molecule has 7 nitrogen and oxygen atoms in total. The molecule has 1 heterocycles.